The van der Waals surface area contributed by atoms with Crippen molar-refractivity contribution in [3.63, 3.8) is 0 Å². The molecule has 1 heterocycles. The van der Waals surface area contributed by atoms with Crippen molar-refractivity contribution in [1.29, 1.82) is 0 Å². The Hall–Kier alpha value is -2.92. The first-order valence-electron chi connectivity index (χ1n) is 7.52. The lowest BCUT2D eigenvalue weighted by atomic mass is 10.1. The van der Waals surface area contributed by atoms with Crippen LogP contribution in [0, 0.1) is 0 Å². The highest BCUT2D eigenvalue weighted by molar-refractivity contribution is 5.82. The van der Waals surface area contributed by atoms with Crippen LogP contribution in [0.4, 0.5) is 10.1 Å². The van der Waals surface area contributed by atoms with Crippen molar-refractivity contribution in [3.05, 3.63) is 65.4 Å². The van der Waals surface area contributed by atoms with Crippen molar-refractivity contribution in [2.75, 3.05) is 12.1 Å². The van der Waals surface area contributed by atoms with Gasteiger partial charge in [-0.2, -0.15) is 0 Å². The number of aromatic nitrogens is 1. The molecule has 0 spiro atoms. The second kappa shape index (κ2) is 7.77. The molecular formula is C20H22FN3O. The lowest BCUT2D eigenvalue weighted by Crippen LogP contribution is -2.24. The van der Waals surface area contributed by atoms with Gasteiger partial charge in [0, 0.05) is 24.1 Å². The number of hydrogen-bond acceptors (Lipinski definition) is 4. The molecule has 0 atom stereocenters. The van der Waals surface area contributed by atoms with Gasteiger partial charge in [0.1, 0.15) is 12.4 Å². The van der Waals surface area contributed by atoms with Crippen molar-refractivity contribution in [2.45, 2.75) is 14.1 Å². The third kappa shape index (κ3) is 4.14. The fourth-order valence-electron chi connectivity index (χ4n) is 2.43. The van der Waals surface area contributed by atoms with Gasteiger partial charge in [-0.25, -0.2) is 15.2 Å². The first-order chi connectivity index (χ1) is 11.6. The number of hydrogen-bond donors (Lipinski definition) is 2. The molecule has 0 fully saturated rings. The molecule has 3 N–H and O–H groups in total. The van der Waals surface area contributed by atoms with E-state index < -0.39 is 6.67 Å². The average molecular weight is 339 g/mol. The van der Waals surface area contributed by atoms with E-state index in [0.29, 0.717) is 11.1 Å². The summed E-state index contributed by atoms with van der Waals surface area (Å²) < 4.78 is 12.7. The Morgan fingerprint density at radius 3 is 2.60 bits per heavy atom. The van der Waals surface area contributed by atoms with Crippen LogP contribution in [-0.4, -0.2) is 17.1 Å². The zero-order chi connectivity index (χ0) is 17.1. The highest BCUT2D eigenvalue weighted by Crippen LogP contribution is 2.25. The lowest BCUT2D eigenvalue weighted by molar-refractivity contribution is 0.474. The van der Waals surface area contributed by atoms with E-state index in [9.17, 15) is 9.50 Å². The summed E-state index contributed by atoms with van der Waals surface area (Å²) in [5.74, 6) is 5.79. The van der Waals surface area contributed by atoms with E-state index >= 15 is 0 Å². The van der Waals surface area contributed by atoms with Crippen LogP contribution >= 0.6 is 0 Å². The van der Waals surface area contributed by atoms with Crippen LogP contribution in [0.3, 0.4) is 0 Å². The van der Waals surface area contributed by atoms with Crippen molar-refractivity contribution in [3.8, 4) is 5.75 Å². The number of nitrogens with two attached hydrogens (primary N) is 1. The van der Waals surface area contributed by atoms with Crippen molar-refractivity contribution < 1.29 is 9.50 Å². The van der Waals surface area contributed by atoms with E-state index in [2.05, 4.69) is 4.98 Å². The molecule has 0 bridgehead atoms. The van der Waals surface area contributed by atoms with Crippen molar-refractivity contribution >= 4 is 28.7 Å². The molecule has 130 valence electrons. The van der Waals surface area contributed by atoms with E-state index in [0.717, 1.165) is 22.3 Å². The normalized spacial score (nSPS) is 10.8. The standard InChI is InChI=1S/C19H18FN3O.CH4/c1-23(21)17-8-5-14(19(24)11-17)3-6-16-7-4-15-10-13(12-20)2-9-18(15)22-16;/h2-11,24H,12,21H2,1H3;1H4/b6-3+;. The molecule has 25 heavy (non-hydrogen) atoms. The molecule has 2 aromatic carbocycles. The minimum atomic E-state index is -0.481. The van der Waals surface area contributed by atoms with Crippen molar-refractivity contribution in [2.24, 2.45) is 5.84 Å². The number of phenolic OH excluding ortho intramolecular Hbond substituents is 1. The molecule has 0 aliphatic heterocycles. The minimum absolute atomic E-state index is 0. The van der Waals surface area contributed by atoms with E-state index in [4.69, 9.17) is 5.84 Å². The molecule has 0 aliphatic rings. The summed E-state index contributed by atoms with van der Waals surface area (Å²) in [6, 6.07) is 14.3. The predicted octanol–water partition coefficient (Wildman–Crippen LogP) is 4.53. The second-order valence-electron chi connectivity index (χ2n) is 5.58. The number of anilines is 1. The first kappa shape index (κ1) is 18.4. The van der Waals surface area contributed by atoms with Crippen LogP contribution in [-0.2, 0) is 6.67 Å². The van der Waals surface area contributed by atoms with Gasteiger partial charge >= 0.3 is 0 Å². The topological polar surface area (TPSA) is 62.4 Å². The molecule has 0 aliphatic carbocycles. The molecule has 5 heteroatoms. The summed E-state index contributed by atoms with van der Waals surface area (Å²) in [5, 5.41) is 12.4. The summed E-state index contributed by atoms with van der Waals surface area (Å²) in [5.41, 5.74) is 3.60. The number of fused-ring (bicyclic) bond motifs is 1. The molecule has 0 amide bonds. The Balaban J connectivity index is 0.00000225. The van der Waals surface area contributed by atoms with Crippen LogP contribution in [0.2, 0.25) is 0 Å². The fraction of sp³-hybridized carbons (Fsp3) is 0.150. The van der Waals surface area contributed by atoms with Gasteiger partial charge in [-0.15, -0.1) is 0 Å². The Bertz CT molecular complexity index is 907. The summed E-state index contributed by atoms with van der Waals surface area (Å²) in [7, 11) is 1.71. The smallest absolute Gasteiger partial charge is 0.124 e. The van der Waals surface area contributed by atoms with Crippen LogP contribution in [0.1, 0.15) is 24.2 Å². The summed E-state index contributed by atoms with van der Waals surface area (Å²) >= 11 is 0. The Kier molecular flexibility index (Phi) is 5.72. The van der Waals surface area contributed by atoms with Crippen LogP contribution in [0.15, 0.2) is 48.5 Å². The number of alkyl halides is 1. The van der Waals surface area contributed by atoms with Gasteiger partial charge in [0.05, 0.1) is 16.9 Å². The molecule has 3 aromatic rings. The molecule has 0 saturated carbocycles. The Morgan fingerprint density at radius 1 is 1.12 bits per heavy atom. The third-order valence-corrected chi connectivity index (χ3v) is 3.78. The largest absolute Gasteiger partial charge is 0.507 e. The fourth-order valence-corrected chi connectivity index (χ4v) is 2.43. The van der Waals surface area contributed by atoms with E-state index in [1.807, 2.05) is 30.3 Å². The van der Waals surface area contributed by atoms with E-state index in [1.165, 1.54) is 5.01 Å². The van der Waals surface area contributed by atoms with E-state index in [-0.39, 0.29) is 13.2 Å². The Labute approximate surface area is 147 Å². The van der Waals surface area contributed by atoms with Crippen LogP contribution in [0.25, 0.3) is 23.1 Å². The van der Waals surface area contributed by atoms with Gasteiger partial charge in [0.2, 0.25) is 0 Å². The molecule has 0 saturated heterocycles. The second-order valence-corrected chi connectivity index (χ2v) is 5.58. The summed E-state index contributed by atoms with van der Waals surface area (Å²) in [4.78, 5) is 4.52. The van der Waals surface area contributed by atoms with Gasteiger partial charge in [0.15, 0.2) is 0 Å². The van der Waals surface area contributed by atoms with Crippen LogP contribution in [0.5, 0.6) is 5.75 Å². The third-order valence-electron chi connectivity index (χ3n) is 3.78. The SMILES string of the molecule is C.CN(N)c1ccc(/C=C/c2ccc3cc(CF)ccc3n2)c(O)c1. The highest BCUT2D eigenvalue weighted by Gasteiger charge is 2.02. The number of phenols is 1. The predicted molar refractivity (Wildman–Crippen MR) is 103 cm³/mol. The van der Waals surface area contributed by atoms with Gasteiger partial charge in [-0.3, -0.25) is 0 Å². The molecule has 0 radical (unpaired) electrons. The highest BCUT2D eigenvalue weighted by atomic mass is 19.1. The minimum Gasteiger partial charge on any atom is -0.507 e. The summed E-state index contributed by atoms with van der Waals surface area (Å²) in [6.07, 6.45) is 3.61. The number of rotatable bonds is 4. The molecule has 0 unspecified atom stereocenters. The number of pyridine rings is 1. The zero-order valence-electron chi connectivity index (χ0n) is 13.3. The lowest BCUT2D eigenvalue weighted by Gasteiger charge is -2.12. The maximum Gasteiger partial charge on any atom is 0.124 e. The Morgan fingerprint density at radius 2 is 1.92 bits per heavy atom. The number of benzene rings is 2. The molecule has 4 nitrogen and oxygen atoms in total. The van der Waals surface area contributed by atoms with Gasteiger partial charge in [-0.1, -0.05) is 19.6 Å². The monoisotopic (exact) mass is 339 g/mol. The first-order valence-corrected chi connectivity index (χ1v) is 7.52. The quantitative estimate of drug-likeness (QED) is 0.542. The molecular weight excluding hydrogens is 317 g/mol. The molecule has 3 rings (SSSR count). The maximum absolute atomic E-state index is 12.7. The number of halogens is 1. The number of hydrazine groups is 1. The molecule has 1 aromatic heterocycles. The maximum atomic E-state index is 12.7. The van der Waals surface area contributed by atoms with Crippen LogP contribution < -0.4 is 10.9 Å². The number of nitrogens with zero attached hydrogens (tertiary/aromatic N) is 2. The average Bonchev–Trinajstić information content (AvgIpc) is 2.59. The van der Waals surface area contributed by atoms with Crippen molar-refractivity contribution in [1.82, 2.24) is 4.98 Å². The van der Waals surface area contributed by atoms with Gasteiger partial charge < -0.3 is 10.1 Å². The summed E-state index contributed by atoms with van der Waals surface area (Å²) in [6.45, 7) is -0.481. The van der Waals surface area contributed by atoms with Gasteiger partial charge in [0.25, 0.3) is 0 Å². The zero-order valence-corrected chi connectivity index (χ0v) is 13.3. The number of aromatic hydroxyl groups is 1. The van der Waals surface area contributed by atoms with Gasteiger partial charge in [-0.05, 0) is 48.0 Å². The van der Waals surface area contributed by atoms with E-state index in [1.54, 1.807) is 37.4 Å².